The van der Waals surface area contributed by atoms with Gasteiger partial charge in [0.05, 0.1) is 13.2 Å². The predicted molar refractivity (Wildman–Crippen MR) is 110 cm³/mol. The molecular formula is C20H25ClN2O4S. The van der Waals surface area contributed by atoms with Gasteiger partial charge in [0.15, 0.2) is 0 Å². The highest BCUT2D eigenvalue weighted by atomic mass is 35.5. The monoisotopic (exact) mass is 424 g/mol. The number of carbonyl (C=O) groups is 1. The zero-order valence-electron chi connectivity index (χ0n) is 16.4. The summed E-state index contributed by atoms with van der Waals surface area (Å²) in [7, 11) is -2.37. The summed E-state index contributed by atoms with van der Waals surface area (Å²) < 4.78 is 32.4. The molecule has 1 N–H and O–H groups in total. The Bertz CT molecular complexity index is 926. The van der Waals surface area contributed by atoms with Gasteiger partial charge in [0, 0.05) is 23.7 Å². The molecule has 0 aliphatic carbocycles. The van der Waals surface area contributed by atoms with Crippen LogP contribution in [0.4, 0.5) is 0 Å². The maximum absolute atomic E-state index is 12.9. The van der Waals surface area contributed by atoms with E-state index in [9.17, 15) is 13.2 Å². The molecule has 0 saturated carbocycles. The van der Waals surface area contributed by atoms with Crippen molar-refractivity contribution in [2.45, 2.75) is 31.7 Å². The molecule has 0 heterocycles. The highest BCUT2D eigenvalue weighted by Crippen LogP contribution is 2.28. The maximum Gasteiger partial charge on any atom is 0.251 e. The number of amides is 1. The summed E-state index contributed by atoms with van der Waals surface area (Å²) in [6.45, 7) is 6.02. The third-order valence-corrected chi connectivity index (χ3v) is 6.79. The van der Waals surface area contributed by atoms with Crippen molar-refractivity contribution in [3.05, 3.63) is 58.6 Å². The lowest BCUT2D eigenvalue weighted by Crippen LogP contribution is -2.31. The summed E-state index contributed by atoms with van der Waals surface area (Å²) in [6, 6.07) is 11.3. The van der Waals surface area contributed by atoms with Crippen molar-refractivity contribution in [2.75, 3.05) is 20.2 Å². The molecule has 8 heteroatoms. The van der Waals surface area contributed by atoms with Gasteiger partial charge in [-0.1, -0.05) is 37.6 Å². The van der Waals surface area contributed by atoms with E-state index in [1.54, 1.807) is 32.0 Å². The van der Waals surface area contributed by atoms with Gasteiger partial charge in [0.2, 0.25) is 10.0 Å². The van der Waals surface area contributed by atoms with E-state index >= 15 is 0 Å². The Morgan fingerprint density at radius 3 is 2.29 bits per heavy atom. The minimum absolute atomic E-state index is 0.0227. The number of ether oxygens (including phenoxy) is 1. The van der Waals surface area contributed by atoms with Gasteiger partial charge in [-0.15, -0.1) is 0 Å². The first kappa shape index (κ1) is 22.2. The first-order chi connectivity index (χ1) is 13.2. The molecule has 2 rings (SSSR count). The summed E-state index contributed by atoms with van der Waals surface area (Å²) >= 11 is 5.90. The molecule has 0 aliphatic rings. The first-order valence-electron chi connectivity index (χ1n) is 8.99. The molecule has 6 nitrogen and oxygen atoms in total. The van der Waals surface area contributed by atoms with Gasteiger partial charge in [0.1, 0.15) is 10.6 Å². The highest BCUT2D eigenvalue weighted by molar-refractivity contribution is 7.89. The van der Waals surface area contributed by atoms with E-state index in [-0.39, 0.29) is 28.2 Å². The number of nitrogens with zero attached hydrogens (tertiary/aromatic N) is 1. The fraction of sp³-hybridized carbons (Fsp3) is 0.350. The third-order valence-electron chi connectivity index (χ3n) is 4.47. The molecule has 28 heavy (non-hydrogen) atoms. The molecular weight excluding hydrogens is 400 g/mol. The van der Waals surface area contributed by atoms with Crippen LogP contribution in [-0.2, 0) is 10.0 Å². The van der Waals surface area contributed by atoms with Crippen LogP contribution in [-0.4, -0.2) is 38.8 Å². The van der Waals surface area contributed by atoms with E-state index < -0.39 is 10.0 Å². The number of carbonyl (C=O) groups excluding carboxylic acids is 1. The number of nitrogens with one attached hydrogen (secondary N) is 1. The third kappa shape index (κ3) is 4.84. The van der Waals surface area contributed by atoms with E-state index in [2.05, 4.69) is 5.32 Å². The normalized spacial score (nSPS) is 12.6. The predicted octanol–water partition coefficient (Wildman–Crippen LogP) is 3.87. The lowest BCUT2D eigenvalue weighted by molar-refractivity contribution is 0.0939. The zero-order chi connectivity index (χ0) is 20.9. The quantitative estimate of drug-likeness (QED) is 0.697. The number of sulfonamides is 1. The number of methoxy groups -OCH3 is 1. The van der Waals surface area contributed by atoms with E-state index in [0.29, 0.717) is 18.1 Å². The Labute approximate surface area is 171 Å². The van der Waals surface area contributed by atoms with Crippen molar-refractivity contribution in [1.82, 2.24) is 9.62 Å². The van der Waals surface area contributed by atoms with Crippen LogP contribution >= 0.6 is 11.6 Å². The largest absolute Gasteiger partial charge is 0.495 e. The zero-order valence-corrected chi connectivity index (χ0v) is 18.0. The van der Waals surface area contributed by atoms with Crippen molar-refractivity contribution in [3.63, 3.8) is 0 Å². The van der Waals surface area contributed by atoms with Crippen LogP contribution in [0.1, 0.15) is 42.7 Å². The van der Waals surface area contributed by atoms with Crippen molar-refractivity contribution >= 4 is 27.5 Å². The molecule has 0 saturated heterocycles. The Morgan fingerprint density at radius 2 is 1.75 bits per heavy atom. The smallest absolute Gasteiger partial charge is 0.251 e. The summed E-state index contributed by atoms with van der Waals surface area (Å²) in [5.41, 5.74) is 1.13. The summed E-state index contributed by atoms with van der Waals surface area (Å²) in [5, 5.41) is 3.49. The SMILES string of the molecule is CCN(CC)S(=O)(=O)c1cc(C(=O)NC(C)c2ccc(Cl)cc2)ccc1OC. The highest BCUT2D eigenvalue weighted by Gasteiger charge is 2.27. The first-order valence-corrected chi connectivity index (χ1v) is 10.8. The van der Waals surface area contributed by atoms with Gasteiger partial charge in [-0.25, -0.2) is 8.42 Å². The average Bonchev–Trinajstić information content (AvgIpc) is 2.68. The van der Waals surface area contributed by atoms with Gasteiger partial charge < -0.3 is 10.1 Å². The molecule has 0 aromatic heterocycles. The number of rotatable bonds is 8. The maximum atomic E-state index is 12.9. The summed E-state index contributed by atoms with van der Waals surface area (Å²) in [6.07, 6.45) is 0. The van der Waals surface area contributed by atoms with Crippen molar-refractivity contribution in [1.29, 1.82) is 0 Å². The van der Waals surface area contributed by atoms with Crippen molar-refractivity contribution < 1.29 is 17.9 Å². The van der Waals surface area contributed by atoms with Crippen LogP contribution in [0.2, 0.25) is 5.02 Å². The van der Waals surface area contributed by atoms with Crippen molar-refractivity contribution in [2.24, 2.45) is 0 Å². The van der Waals surface area contributed by atoms with Gasteiger partial charge in [0.25, 0.3) is 5.91 Å². The van der Waals surface area contributed by atoms with Gasteiger partial charge in [-0.05, 0) is 42.8 Å². The minimum Gasteiger partial charge on any atom is -0.495 e. The molecule has 1 amide bonds. The minimum atomic E-state index is -3.77. The van der Waals surface area contributed by atoms with Crippen LogP contribution in [0, 0.1) is 0 Å². The molecule has 1 atom stereocenters. The molecule has 0 fully saturated rings. The number of hydrogen-bond donors (Lipinski definition) is 1. The fourth-order valence-corrected chi connectivity index (χ4v) is 4.60. The molecule has 1 unspecified atom stereocenters. The molecule has 0 radical (unpaired) electrons. The molecule has 152 valence electrons. The van der Waals surface area contributed by atoms with E-state index in [1.807, 2.05) is 19.1 Å². The molecule has 0 aliphatic heterocycles. The molecule has 2 aromatic rings. The van der Waals surface area contributed by atoms with E-state index in [4.69, 9.17) is 16.3 Å². The van der Waals surface area contributed by atoms with Crippen molar-refractivity contribution in [3.8, 4) is 5.75 Å². The van der Waals surface area contributed by atoms with Crippen LogP contribution < -0.4 is 10.1 Å². The standard InChI is InChI=1S/C20H25ClN2O4S/c1-5-23(6-2)28(25,26)19-13-16(9-12-18(19)27-4)20(24)22-14(3)15-7-10-17(21)11-8-15/h7-14H,5-6H2,1-4H3,(H,22,24). The second kappa shape index (κ2) is 9.41. The van der Waals surface area contributed by atoms with Crippen LogP contribution in [0.15, 0.2) is 47.4 Å². The molecule has 0 bridgehead atoms. The fourth-order valence-electron chi connectivity index (χ4n) is 2.84. The Hall–Kier alpha value is -2.09. The molecule has 2 aromatic carbocycles. The number of halogens is 1. The molecule has 0 spiro atoms. The summed E-state index contributed by atoms with van der Waals surface area (Å²) in [4.78, 5) is 12.7. The van der Waals surface area contributed by atoms with Gasteiger partial charge >= 0.3 is 0 Å². The Kier molecular flexibility index (Phi) is 7.46. The lowest BCUT2D eigenvalue weighted by atomic mass is 10.1. The van der Waals surface area contributed by atoms with Gasteiger partial charge in [-0.2, -0.15) is 4.31 Å². The van der Waals surface area contributed by atoms with Crippen LogP contribution in [0.25, 0.3) is 0 Å². The van der Waals surface area contributed by atoms with E-state index in [0.717, 1.165) is 5.56 Å². The van der Waals surface area contributed by atoms with Crippen LogP contribution in [0.3, 0.4) is 0 Å². The van der Waals surface area contributed by atoms with E-state index in [1.165, 1.54) is 23.5 Å². The topological polar surface area (TPSA) is 75.7 Å². The lowest BCUT2D eigenvalue weighted by Gasteiger charge is -2.21. The second-order valence-corrected chi connectivity index (χ2v) is 8.54. The Balaban J connectivity index is 2.33. The number of hydrogen-bond acceptors (Lipinski definition) is 4. The average molecular weight is 425 g/mol. The Morgan fingerprint density at radius 1 is 1.14 bits per heavy atom. The second-order valence-electron chi connectivity index (χ2n) is 6.20. The number of benzene rings is 2. The van der Waals surface area contributed by atoms with Crippen LogP contribution in [0.5, 0.6) is 5.75 Å². The van der Waals surface area contributed by atoms with Gasteiger partial charge in [-0.3, -0.25) is 4.79 Å². The summed E-state index contributed by atoms with van der Waals surface area (Å²) in [5.74, 6) is -0.171.